The van der Waals surface area contributed by atoms with Crippen LogP contribution in [0.5, 0.6) is 0 Å². The summed E-state index contributed by atoms with van der Waals surface area (Å²) in [5.41, 5.74) is 2.74. The maximum Gasteiger partial charge on any atom is 0.339 e. The summed E-state index contributed by atoms with van der Waals surface area (Å²) in [7, 11) is 0. The quantitative estimate of drug-likeness (QED) is 0.770. The molecule has 0 radical (unpaired) electrons. The minimum atomic E-state index is -0.256. The summed E-state index contributed by atoms with van der Waals surface area (Å²) in [5.74, 6) is -0.256. The Morgan fingerprint density at radius 3 is 3.00 bits per heavy atom. The van der Waals surface area contributed by atoms with Crippen LogP contribution in [0.4, 0.5) is 0 Å². The van der Waals surface area contributed by atoms with Crippen molar-refractivity contribution in [2.45, 2.75) is 26.6 Å². The summed E-state index contributed by atoms with van der Waals surface area (Å²) in [6.45, 7) is 4.70. The van der Waals surface area contributed by atoms with Gasteiger partial charge in [0, 0.05) is 0 Å². The fourth-order valence-electron chi connectivity index (χ4n) is 2.66. The molecule has 0 saturated heterocycles. The fourth-order valence-corrected chi connectivity index (χ4v) is 2.66. The third-order valence-electron chi connectivity index (χ3n) is 3.59. The molecule has 1 atom stereocenters. The minimum absolute atomic E-state index is 0.0350. The van der Waals surface area contributed by atoms with Crippen molar-refractivity contribution in [1.29, 1.82) is 0 Å². The molecule has 0 fully saturated rings. The van der Waals surface area contributed by atoms with Gasteiger partial charge in [0.2, 0.25) is 0 Å². The number of hydrogen-bond donors (Lipinski definition) is 0. The van der Waals surface area contributed by atoms with Crippen LogP contribution in [0.15, 0.2) is 30.3 Å². The van der Waals surface area contributed by atoms with Gasteiger partial charge in [-0.25, -0.2) is 4.79 Å². The number of carbonyl (C=O) groups excluding carboxylic acids is 1. The predicted octanol–water partition coefficient (Wildman–Crippen LogP) is 3.61. The molecule has 3 nitrogen and oxygen atoms in total. The first-order valence-corrected chi connectivity index (χ1v) is 6.55. The molecule has 2 aromatic rings. The van der Waals surface area contributed by atoms with E-state index in [2.05, 4.69) is 6.07 Å². The second kappa shape index (κ2) is 4.67. The summed E-state index contributed by atoms with van der Waals surface area (Å²) < 4.78 is 10.9. The van der Waals surface area contributed by atoms with Crippen molar-refractivity contribution in [3.63, 3.8) is 0 Å². The van der Waals surface area contributed by atoms with Crippen LogP contribution >= 0.6 is 0 Å². The van der Waals surface area contributed by atoms with Gasteiger partial charge >= 0.3 is 5.97 Å². The number of hydrogen-bond acceptors (Lipinski definition) is 3. The Kier molecular flexibility index (Phi) is 2.99. The van der Waals surface area contributed by atoms with Gasteiger partial charge in [0.1, 0.15) is 0 Å². The Bertz CT molecular complexity index is 646. The Labute approximate surface area is 112 Å². The molecule has 1 aliphatic rings. The molecule has 3 heteroatoms. The lowest BCUT2D eigenvalue weighted by Crippen LogP contribution is -2.09. The second-order valence-corrected chi connectivity index (χ2v) is 4.71. The zero-order valence-corrected chi connectivity index (χ0v) is 11.1. The highest BCUT2D eigenvalue weighted by Crippen LogP contribution is 2.37. The van der Waals surface area contributed by atoms with Crippen LogP contribution in [0.25, 0.3) is 10.8 Å². The number of fused-ring (bicyclic) bond motifs is 2. The highest BCUT2D eigenvalue weighted by Gasteiger charge is 2.27. The van der Waals surface area contributed by atoms with Crippen LogP contribution < -0.4 is 0 Å². The number of rotatable bonds is 2. The highest BCUT2D eigenvalue weighted by molar-refractivity contribution is 6.06. The maximum atomic E-state index is 12.2. The summed E-state index contributed by atoms with van der Waals surface area (Å²) in [6.07, 6.45) is 0.0350. The van der Waals surface area contributed by atoms with E-state index in [1.807, 2.05) is 38.1 Å². The Morgan fingerprint density at radius 2 is 2.21 bits per heavy atom. The van der Waals surface area contributed by atoms with Crippen LogP contribution in [0.3, 0.4) is 0 Å². The maximum absolute atomic E-state index is 12.2. The van der Waals surface area contributed by atoms with Crippen molar-refractivity contribution in [2.24, 2.45) is 0 Å². The lowest BCUT2D eigenvalue weighted by Gasteiger charge is -2.12. The third kappa shape index (κ3) is 1.90. The molecule has 0 N–H and O–H groups in total. The summed E-state index contributed by atoms with van der Waals surface area (Å²) in [6, 6.07) is 10.0. The highest BCUT2D eigenvalue weighted by atomic mass is 16.5. The standard InChI is InChI=1S/C16H16O3/c1-3-18-16(17)15-12-7-5-4-6-11(12)8-13-10(2)19-9-14(13)15/h4-8,10H,3,9H2,1-2H3. The average Bonchev–Trinajstić information content (AvgIpc) is 2.78. The van der Waals surface area contributed by atoms with E-state index in [0.29, 0.717) is 18.8 Å². The normalized spacial score (nSPS) is 17.5. The number of carbonyl (C=O) groups is 1. The molecule has 19 heavy (non-hydrogen) atoms. The van der Waals surface area contributed by atoms with Crippen molar-refractivity contribution in [1.82, 2.24) is 0 Å². The third-order valence-corrected chi connectivity index (χ3v) is 3.59. The SMILES string of the molecule is CCOC(=O)c1c2c(cc3ccccc13)C(C)OC2. The molecule has 3 rings (SSSR count). The van der Waals surface area contributed by atoms with E-state index in [0.717, 1.165) is 21.9 Å². The Hall–Kier alpha value is -1.87. The molecular formula is C16H16O3. The van der Waals surface area contributed by atoms with Crippen molar-refractivity contribution in [2.75, 3.05) is 6.61 Å². The van der Waals surface area contributed by atoms with Gasteiger partial charge in [0.25, 0.3) is 0 Å². The molecule has 0 aromatic heterocycles. The van der Waals surface area contributed by atoms with Gasteiger partial charge in [-0.1, -0.05) is 24.3 Å². The van der Waals surface area contributed by atoms with Crippen LogP contribution in [-0.2, 0) is 16.1 Å². The predicted molar refractivity (Wildman–Crippen MR) is 73.1 cm³/mol. The summed E-state index contributed by atoms with van der Waals surface area (Å²) in [5, 5.41) is 2.00. The van der Waals surface area contributed by atoms with Gasteiger partial charge in [0.05, 0.1) is 24.9 Å². The zero-order valence-electron chi connectivity index (χ0n) is 11.1. The summed E-state index contributed by atoms with van der Waals surface area (Å²) in [4.78, 5) is 12.2. The first kappa shape index (κ1) is 12.2. The largest absolute Gasteiger partial charge is 0.462 e. The average molecular weight is 256 g/mol. The lowest BCUT2D eigenvalue weighted by molar-refractivity contribution is 0.0520. The molecule has 98 valence electrons. The molecule has 0 saturated carbocycles. The van der Waals surface area contributed by atoms with Gasteiger partial charge < -0.3 is 9.47 Å². The topological polar surface area (TPSA) is 35.5 Å². The lowest BCUT2D eigenvalue weighted by atomic mass is 9.94. The minimum Gasteiger partial charge on any atom is -0.462 e. The van der Waals surface area contributed by atoms with E-state index in [4.69, 9.17) is 9.47 Å². The van der Waals surface area contributed by atoms with Gasteiger partial charge in [-0.2, -0.15) is 0 Å². The fraction of sp³-hybridized carbons (Fsp3) is 0.312. The van der Waals surface area contributed by atoms with Gasteiger partial charge in [-0.3, -0.25) is 0 Å². The molecule has 1 heterocycles. The van der Waals surface area contributed by atoms with Crippen LogP contribution in [0.1, 0.15) is 41.4 Å². The van der Waals surface area contributed by atoms with Gasteiger partial charge in [0.15, 0.2) is 0 Å². The molecule has 0 bridgehead atoms. The molecule has 1 unspecified atom stereocenters. The second-order valence-electron chi connectivity index (χ2n) is 4.71. The van der Waals surface area contributed by atoms with Crippen molar-refractivity contribution in [3.8, 4) is 0 Å². The van der Waals surface area contributed by atoms with Crippen molar-refractivity contribution in [3.05, 3.63) is 47.0 Å². The Balaban J connectivity index is 2.30. The van der Waals surface area contributed by atoms with Crippen LogP contribution in [0.2, 0.25) is 0 Å². The molecular weight excluding hydrogens is 240 g/mol. The molecule has 0 amide bonds. The van der Waals surface area contributed by atoms with Crippen molar-refractivity contribution >= 4 is 16.7 Å². The van der Waals surface area contributed by atoms with E-state index < -0.39 is 0 Å². The molecule has 0 aliphatic carbocycles. The van der Waals surface area contributed by atoms with E-state index in [1.165, 1.54) is 0 Å². The first-order valence-electron chi connectivity index (χ1n) is 6.55. The molecule has 0 spiro atoms. The van der Waals surface area contributed by atoms with Crippen LogP contribution in [0, 0.1) is 0 Å². The van der Waals surface area contributed by atoms with Crippen LogP contribution in [-0.4, -0.2) is 12.6 Å². The molecule has 1 aliphatic heterocycles. The number of ether oxygens (including phenoxy) is 2. The number of benzene rings is 2. The monoisotopic (exact) mass is 256 g/mol. The van der Waals surface area contributed by atoms with Crippen molar-refractivity contribution < 1.29 is 14.3 Å². The van der Waals surface area contributed by atoms with E-state index in [1.54, 1.807) is 0 Å². The first-order chi connectivity index (χ1) is 9.22. The zero-order chi connectivity index (χ0) is 13.4. The smallest absolute Gasteiger partial charge is 0.339 e. The van der Waals surface area contributed by atoms with E-state index in [9.17, 15) is 4.79 Å². The van der Waals surface area contributed by atoms with Gasteiger partial charge in [-0.05, 0) is 41.8 Å². The van der Waals surface area contributed by atoms with E-state index >= 15 is 0 Å². The van der Waals surface area contributed by atoms with Gasteiger partial charge in [-0.15, -0.1) is 0 Å². The molecule has 2 aromatic carbocycles. The van der Waals surface area contributed by atoms with E-state index in [-0.39, 0.29) is 12.1 Å². The summed E-state index contributed by atoms with van der Waals surface area (Å²) >= 11 is 0. The number of esters is 1. The Morgan fingerprint density at radius 1 is 1.42 bits per heavy atom.